The van der Waals surface area contributed by atoms with Gasteiger partial charge in [0.1, 0.15) is 18.3 Å². The highest BCUT2D eigenvalue weighted by molar-refractivity contribution is 6.45. The Morgan fingerprint density at radius 1 is 1.05 bits per heavy atom. The molecular formula is C28H37N3O6. The first-order chi connectivity index (χ1) is 17.9. The summed E-state index contributed by atoms with van der Waals surface area (Å²) in [6.07, 6.45) is 10.7. The number of nitrogens with zero attached hydrogens (tertiary/aromatic N) is 1. The Kier molecular flexibility index (Phi) is 8.84. The molecule has 9 heteroatoms. The van der Waals surface area contributed by atoms with Gasteiger partial charge in [0.25, 0.3) is 11.7 Å². The van der Waals surface area contributed by atoms with Crippen LogP contribution in [0, 0.1) is 5.92 Å². The number of nitrogens with one attached hydrogen (secondary N) is 2. The molecule has 0 bridgehead atoms. The molecule has 2 aromatic rings. The lowest BCUT2D eigenvalue weighted by Crippen LogP contribution is -2.58. The van der Waals surface area contributed by atoms with Gasteiger partial charge in [-0.2, -0.15) is 0 Å². The van der Waals surface area contributed by atoms with E-state index in [2.05, 4.69) is 10.3 Å². The van der Waals surface area contributed by atoms with Crippen LogP contribution in [0.15, 0.2) is 24.4 Å². The summed E-state index contributed by atoms with van der Waals surface area (Å²) in [4.78, 5) is 56.7. The number of hydrogen-bond acceptors (Lipinski definition) is 5. The second-order valence-corrected chi connectivity index (χ2v) is 10.2. The van der Waals surface area contributed by atoms with E-state index in [4.69, 9.17) is 4.74 Å². The minimum Gasteiger partial charge on any atom is -0.494 e. The Bertz CT molecular complexity index is 1130. The molecule has 1 unspecified atom stereocenters. The quantitative estimate of drug-likeness (QED) is 0.326. The fourth-order valence-corrected chi connectivity index (χ4v) is 5.83. The van der Waals surface area contributed by atoms with E-state index in [-0.39, 0.29) is 23.4 Å². The van der Waals surface area contributed by atoms with Gasteiger partial charge in [-0.3, -0.25) is 19.2 Å². The van der Waals surface area contributed by atoms with Crippen molar-refractivity contribution in [1.29, 1.82) is 0 Å². The van der Waals surface area contributed by atoms with Gasteiger partial charge in [-0.25, -0.2) is 0 Å². The summed E-state index contributed by atoms with van der Waals surface area (Å²) in [5.74, 6) is -2.96. The van der Waals surface area contributed by atoms with Crippen molar-refractivity contribution in [3.05, 3.63) is 30.0 Å². The Labute approximate surface area is 216 Å². The summed E-state index contributed by atoms with van der Waals surface area (Å²) in [5.41, 5.74) is 0.777. The number of aromatic nitrogens is 1. The maximum atomic E-state index is 13.7. The summed E-state index contributed by atoms with van der Waals surface area (Å²) in [6.45, 7) is 1.66. The van der Waals surface area contributed by atoms with Crippen LogP contribution in [-0.4, -0.2) is 63.8 Å². The number of amides is 2. The number of Topliss-reactive ketones (excluding diaryl/α,β-unsaturated/α-hetero) is 1. The Morgan fingerprint density at radius 2 is 1.73 bits per heavy atom. The summed E-state index contributed by atoms with van der Waals surface area (Å²) in [5, 5.41) is 13.3. The first kappa shape index (κ1) is 26.7. The second-order valence-electron chi connectivity index (χ2n) is 10.2. The normalized spacial score (nSPS) is 17.8. The van der Waals surface area contributed by atoms with Crippen LogP contribution >= 0.6 is 0 Å². The molecule has 1 aromatic heterocycles. The van der Waals surface area contributed by atoms with Crippen LogP contribution in [0.1, 0.15) is 81.5 Å². The number of fused-ring (bicyclic) bond motifs is 1. The van der Waals surface area contributed by atoms with E-state index in [0.717, 1.165) is 56.3 Å². The molecule has 0 spiro atoms. The predicted octanol–water partition coefficient (Wildman–Crippen LogP) is 4.06. The number of H-pyrrole nitrogens is 1. The number of carbonyl (C=O) groups excluding carboxylic acids is 3. The second kappa shape index (κ2) is 12.3. The maximum absolute atomic E-state index is 13.7. The predicted molar refractivity (Wildman–Crippen MR) is 139 cm³/mol. The van der Waals surface area contributed by atoms with Crippen LogP contribution in [0.25, 0.3) is 10.9 Å². The zero-order chi connectivity index (χ0) is 26.4. The third-order valence-corrected chi connectivity index (χ3v) is 7.62. The average molecular weight is 512 g/mol. The molecule has 4 rings (SSSR count). The molecule has 0 aliphatic heterocycles. The van der Waals surface area contributed by atoms with Crippen molar-refractivity contribution >= 4 is 34.5 Å². The molecule has 200 valence electrons. The van der Waals surface area contributed by atoms with Crippen LogP contribution in [0.3, 0.4) is 0 Å². The lowest BCUT2D eigenvalue weighted by atomic mass is 9.82. The van der Waals surface area contributed by atoms with Crippen LogP contribution < -0.4 is 10.1 Å². The highest BCUT2D eigenvalue weighted by atomic mass is 16.5. The molecule has 1 aromatic carbocycles. The highest BCUT2D eigenvalue weighted by Crippen LogP contribution is 2.31. The average Bonchev–Trinajstić information content (AvgIpc) is 3.32. The molecule has 2 aliphatic carbocycles. The van der Waals surface area contributed by atoms with E-state index in [1.165, 1.54) is 6.20 Å². The number of carboxylic acids is 1. The van der Waals surface area contributed by atoms with Crippen molar-refractivity contribution in [2.24, 2.45) is 5.92 Å². The molecule has 3 N–H and O–H groups in total. The van der Waals surface area contributed by atoms with E-state index in [1.54, 1.807) is 18.2 Å². The minimum atomic E-state index is -1.26. The lowest BCUT2D eigenvalue weighted by molar-refractivity contribution is -0.148. The van der Waals surface area contributed by atoms with Crippen molar-refractivity contribution in [2.75, 3.05) is 13.2 Å². The molecule has 37 heavy (non-hydrogen) atoms. The number of aromatic amines is 1. The number of ketones is 1. The molecule has 2 amide bonds. The Balaban J connectivity index is 1.64. The summed E-state index contributed by atoms with van der Waals surface area (Å²) in [7, 11) is 0. The number of benzene rings is 1. The van der Waals surface area contributed by atoms with Crippen LogP contribution in [0.4, 0.5) is 0 Å². The molecule has 0 radical (unpaired) electrons. The van der Waals surface area contributed by atoms with E-state index in [9.17, 15) is 24.3 Å². The topological polar surface area (TPSA) is 129 Å². The van der Waals surface area contributed by atoms with Gasteiger partial charge in [0, 0.05) is 29.2 Å². The van der Waals surface area contributed by atoms with Gasteiger partial charge in [0.05, 0.1) is 12.2 Å². The van der Waals surface area contributed by atoms with Crippen LogP contribution in [0.5, 0.6) is 5.75 Å². The first-order valence-electron chi connectivity index (χ1n) is 13.5. The Morgan fingerprint density at radius 3 is 2.38 bits per heavy atom. The van der Waals surface area contributed by atoms with Gasteiger partial charge in [-0.05, 0) is 50.7 Å². The van der Waals surface area contributed by atoms with E-state index in [0.29, 0.717) is 36.1 Å². The maximum Gasteiger partial charge on any atom is 0.323 e. The fraction of sp³-hybridized carbons (Fsp3) is 0.571. The van der Waals surface area contributed by atoms with E-state index < -0.39 is 30.2 Å². The number of rotatable bonds is 10. The number of aliphatic carboxylic acids is 1. The van der Waals surface area contributed by atoms with Gasteiger partial charge < -0.3 is 25.0 Å². The number of carboxylic acid groups (broad SMARTS) is 1. The SMILES string of the molecule is CCOc1ccc2c(C(=O)C(=O)N(CC(=O)O)C(C(=O)NC3CCCCC3)C3CCCCC3)c[nH]c2c1. The number of ether oxygens (including phenoxy) is 1. The van der Waals surface area contributed by atoms with Gasteiger partial charge in [-0.1, -0.05) is 38.5 Å². The van der Waals surface area contributed by atoms with Gasteiger partial charge in [-0.15, -0.1) is 0 Å². The molecule has 1 atom stereocenters. The molecule has 2 aliphatic rings. The third kappa shape index (κ3) is 6.32. The zero-order valence-electron chi connectivity index (χ0n) is 21.5. The number of hydrogen-bond donors (Lipinski definition) is 3. The van der Waals surface area contributed by atoms with Gasteiger partial charge in [0.2, 0.25) is 5.91 Å². The van der Waals surface area contributed by atoms with Gasteiger partial charge in [0.15, 0.2) is 0 Å². The van der Waals surface area contributed by atoms with E-state index >= 15 is 0 Å². The van der Waals surface area contributed by atoms with Crippen LogP contribution in [0.2, 0.25) is 0 Å². The van der Waals surface area contributed by atoms with Gasteiger partial charge >= 0.3 is 5.97 Å². The van der Waals surface area contributed by atoms with Crippen molar-refractivity contribution in [3.63, 3.8) is 0 Å². The largest absolute Gasteiger partial charge is 0.494 e. The van der Waals surface area contributed by atoms with Crippen molar-refractivity contribution < 1.29 is 29.0 Å². The minimum absolute atomic E-state index is 0.0120. The lowest BCUT2D eigenvalue weighted by Gasteiger charge is -2.38. The first-order valence-corrected chi connectivity index (χ1v) is 13.5. The van der Waals surface area contributed by atoms with Crippen LogP contribution in [-0.2, 0) is 14.4 Å². The standard InChI is InChI=1S/C28H37N3O6/c1-2-37-20-13-14-21-22(16-29-23(21)15-20)26(34)28(36)31(17-24(32)33)25(18-9-5-3-6-10-18)27(35)30-19-11-7-4-8-12-19/h13-16,18-19,25,29H,2-12,17H2,1H3,(H,30,35)(H,32,33). The van der Waals surface area contributed by atoms with E-state index in [1.807, 2.05) is 6.92 Å². The molecule has 9 nitrogen and oxygen atoms in total. The Hall–Kier alpha value is -3.36. The summed E-state index contributed by atoms with van der Waals surface area (Å²) < 4.78 is 5.51. The molecule has 0 saturated heterocycles. The summed E-state index contributed by atoms with van der Waals surface area (Å²) in [6, 6.07) is 4.19. The highest BCUT2D eigenvalue weighted by Gasteiger charge is 2.41. The molecule has 2 saturated carbocycles. The monoisotopic (exact) mass is 511 g/mol. The molecule has 1 heterocycles. The van der Waals surface area contributed by atoms with Crippen molar-refractivity contribution in [2.45, 2.75) is 83.2 Å². The fourth-order valence-electron chi connectivity index (χ4n) is 5.83. The molecular weight excluding hydrogens is 474 g/mol. The zero-order valence-corrected chi connectivity index (χ0v) is 21.5. The smallest absolute Gasteiger partial charge is 0.323 e. The number of carbonyl (C=O) groups is 4. The summed E-state index contributed by atoms with van der Waals surface area (Å²) >= 11 is 0. The molecule has 2 fully saturated rings. The van der Waals surface area contributed by atoms with Crippen molar-refractivity contribution in [1.82, 2.24) is 15.2 Å². The van der Waals surface area contributed by atoms with Crippen molar-refractivity contribution in [3.8, 4) is 5.75 Å². The third-order valence-electron chi connectivity index (χ3n) is 7.62.